The van der Waals surface area contributed by atoms with Gasteiger partial charge in [0.2, 0.25) is 5.91 Å². The fraction of sp³-hybridized carbons (Fsp3) is 0.667. The molecule has 1 amide bonds. The lowest BCUT2D eigenvalue weighted by molar-refractivity contribution is -0.146. The van der Waals surface area contributed by atoms with Crippen LogP contribution in [0.3, 0.4) is 0 Å². The lowest BCUT2D eigenvalue weighted by Gasteiger charge is -2.46. The Hall–Kier alpha value is -1.39. The van der Waals surface area contributed by atoms with E-state index in [1.54, 1.807) is 0 Å². The van der Waals surface area contributed by atoms with Gasteiger partial charge in [0.05, 0.1) is 11.5 Å². The number of carbonyl (C=O) groups excluding carboxylic acids is 1. The first-order valence-electron chi connectivity index (χ1n) is 9.64. The summed E-state index contributed by atoms with van der Waals surface area (Å²) in [6.07, 6.45) is 3.78. The van der Waals surface area contributed by atoms with Crippen molar-refractivity contribution in [2.24, 2.45) is 5.92 Å². The minimum atomic E-state index is -0.983. The molecule has 3 atom stereocenters. The van der Waals surface area contributed by atoms with Crippen molar-refractivity contribution in [3.63, 3.8) is 0 Å². The molecule has 1 aromatic rings. The average molecular weight is 347 g/mol. The Bertz CT molecular complexity index is 542. The van der Waals surface area contributed by atoms with Crippen molar-refractivity contribution in [3.05, 3.63) is 35.9 Å². The van der Waals surface area contributed by atoms with E-state index < -0.39 is 11.5 Å². The Labute approximate surface area is 152 Å². The second kappa shape index (κ2) is 8.81. The van der Waals surface area contributed by atoms with Crippen LogP contribution < -0.4 is 0 Å². The second-order valence-electron chi connectivity index (χ2n) is 7.55. The van der Waals surface area contributed by atoms with E-state index in [0.717, 1.165) is 31.4 Å². The highest BCUT2D eigenvalue weighted by molar-refractivity contribution is 5.85. The van der Waals surface area contributed by atoms with E-state index in [4.69, 9.17) is 0 Å². The third-order valence-corrected chi connectivity index (χ3v) is 5.63. The van der Waals surface area contributed by atoms with Crippen LogP contribution in [0.2, 0.25) is 0 Å². The molecule has 25 heavy (non-hydrogen) atoms. The lowest BCUT2D eigenvalue weighted by Crippen LogP contribution is -2.54. The fourth-order valence-electron chi connectivity index (χ4n) is 4.33. The van der Waals surface area contributed by atoms with Crippen LogP contribution in [0.5, 0.6) is 0 Å². The summed E-state index contributed by atoms with van der Waals surface area (Å²) in [5, 5.41) is 11.8. The van der Waals surface area contributed by atoms with Gasteiger partial charge in [0.15, 0.2) is 0 Å². The molecule has 0 bridgehead atoms. The first-order chi connectivity index (χ1) is 11.9. The molecular weight excluding hydrogens is 312 g/mol. The second-order valence-corrected chi connectivity index (χ2v) is 7.55. The van der Waals surface area contributed by atoms with Gasteiger partial charge in [0.1, 0.15) is 0 Å². The monoisotopic (exact) mass is 346 g/mol. The lowest BCUT2D eigenvalue weighted by atomic mass is 9.65. The third kappa shape index (κ3) is 4.42. The zero-order valence-electron chi connectivity index (χ0n) is 16.2. The Morgan fingerprint density at radius 1 is 1.20 bits per heavy atom. The molecule has 1 N–H and O–H groups in total. The summed E-state index contributed by atoms with van der Waals surface area (Å²) in [5.74, 6) is -0.316. The van der Waals surface area contributed by atoms with Crippen molar-refractivity contribution in [2.45, 2.75) is 51.0 Å². The van der Waals surface area contributed by atoms with Crippen molar-refractivity contribution in [3.8, 4) is 0 Å². The maximum Gasteiger partial charge on any atom is 0.233 e. The highest BCUT2D eigenvalue weighted by Crippen LogP contribution is 2.45. The molecule has 4 heteroatoms. The number of likely N-dealkylation sites (N-methyl/N-ethyl adjacent to an activating group) is 1. The van der Waals surface area contributed by atoms with Crippen LogP contribution in [-0.2, 0) is 4.79 Å². The minimum Gasteiger partial charge on any atom is -0.388 e. The van der Waals surface area contributed by atoms with Crippen LogP contribution in [0.25, 0.3) is 0 Å². The quantitative estimate of drug-likeness (QED) is 0.825. The standard InChI is InChI=1S/C21H34N2O2/c1-5-23(6-2)20(24)19(17-12-8-7-9-13-17)21(25)15-11-10-14-18(21)16-22(3)4/h7-9,12-13,18-19,25H,5-6,10-11,14-16H2,1-4H3/t18-,19-,21-/m1/s1. The van der Waals surface area contributed by atoms with E-state index in [-0.39, 0.29) is 11.8 Å². The summed E-state index contributed by atoms with van der Waals surface area (Å²) in [6.45, 7) is 6.17. The van der Waals surface area contributed by atoms with Gasteiger partial charge < -0.3 is 14.9 Å². The molecule has 0 heterocycles. The first kappa shape index (κ1) is 19.9. The van der Waals surface area contributed by atoms with Crippen LogP contribution >= 0.6 is 0 Å². The molecule has 0 aliphatic heterocycles. The molecule has 0 aromatic heterocycles. The summed E-state index contributed by atoms with van der Waals surface area (Å²) in [6, 6.07) is 9.87. The fourth-order valence-corrected chi connectivity index (χ4v) is 4.33. The average Bonchev–Trinajstić information content (AvgIpc) is 2.59. The molecule has 1 aromatic carbocycles. The maximum atomic E-state index is 13.4. The number of hydrogen-bond donors (Lipinski definition) is 1. The molecule has 4 nitrogen and oxygen atoms in total. The van der Waals surface area contributed by atoms with Gasteiger partial charge in [0.25, 0.3) is 0 Å². The van der Waals surface area contributed by atoms with Gasteiger partial charge in [-0.3, -0.25) is 4.79 Å². The number of amides is 1. The number of nitrogens with zero attached hydrogens (tertiary/aromatic N) is 2. The highest BCUT2D eigenvalue weighted by atomic mass is 16.3. The molecule has 0 unspecified atom stereocenters. The summed E-state index contributed by atoms with van der Waals surface area (Å²) in [7, 11) is 4.08. The zero-order chi connectivity index (χ0) is 18.4. The van der Waals surface area contributed by atoms with E-state index in [0.29, 0.717) is 19.5 Å². The van der Waals surface area contributed by atoms with Crippen molar-refractivity contribution >= 4 is 5.91 Å². The number of carbonyl (C=O) groups is 1. The topological polar surface area (TPSA) is 43.8 Å². The molecular formula is C21H34N2O2. The van der Waals surface area contributed by atoms with Crippen LogP contribution in [0.1, 0.15) is 51.0 Å². The smallest absolute Gasteiger partial charge is 0.233 e. The predicted molar refractivity (Wildman–Crippen MR) is 103 cm³/mol. The Morgan fingerprint density at radius 2 is 1.84 bits per heavy atom. The van der Waals surface area contributed by atoms with Crippen LogP contribution in [0, 0.1) is 5.92 Å². The van der Waals surface area contributed by atoms with E-state index in [2.05, 4.69) is 4.90 Å². The molecule has 1 fully saturated rings. The minimum absolute atomic E-state index is 0.0596. The van der Waals surface area contributed by atoms with Gasteiger partial charge in [-0.15, -0.1) is 0 Å². The number of benzene rings is 1. The van der Waals surface area contributed by atoms with Gasteiger partial charge in [0, 0.05) is 25.6 Å². The molecule has 0 spiro atoms. The third-order valence-electron chi connectivity index (χ3n) is 5.63. The largest absolute Gasteiger partial charge is 0.388 e. The first-order valence-corrected chi connectivity index (χ1v) is 9.64. The Morgan fingerprint density at radius 3 is 2.40 bits per heavy atom. The molecule has 140 valence electrons. The van der Waals surface area contributed by atoms with E-state index in [9.17, 15) is 9.90 Å². The highest BCUT2D eigenvalue weighted by Gasteiger charge is 2.49. The molecule has 0 radical (unpaired) electrons. The molecule has 1 saturated carbocycles. The van der Waals surface area contributed by atoms with E-state index in [1.165, 1.54) is 0 Å². The number of hydrogen-bond acceptors (Lipinski definition) is 3. The number of aliphatic hydroxyl groups is 1. The molecule has 0 saturated heterocycles. The van der Waals surface area contributed by atoms with Gasteiger partial charge in [-0.2, -0.15) is 0 Å². The van der Waals surface area contributed by atoms with Crippen molar-refractivity contribution < 1.29 is 9.90 Å². The summed E-state index contributed by atoms with van der Waals surface area (Å²) in [4.78, 5) is 17.4. The van der Waals surface area contributed by atoms with Gasteiger partial charge in [-0.1, -0.05) is 43.2 Å². The Balaban J connectivity index is 2.46. The van der Waals surface area contributed by atoms with Crippen molar-refractivity contribution in [1.82, 2.24) is 9.80 Å². The number of rotatable bonds is 7. The molecule has 1 aliphatic carbocycles. The molecule has 1 aliphatic rings. The summed E-state index contributed by atoms with van der Waals surface area (Å²) < 4.78 is 0. The van der Waals surface area contributed by atoms with Crippen LogP contribution in [0.15, 0.2) is 30.3 Å². The van der Waals surface area contributed by atoms with Crippen LogP contribution in [-0.4, -0.2) is 60.1 Å². The predicted octanol–water partition coefficient (Wildman–Crippen LogP) is 3.12. The summed E-state index contributed by atoms with van der Waals surface area (Å²) in [5.41, 5.74) is -0.0450. The van der Waals surface area contributed by atoms with Gasteiger partial charge >= 0.3 is 0 Å². The summed E-state index contributed by atoms with van der Waals surface area (Å²) >= 11 is 0. The Kier molecular flexibility index (Phi) is 7.03. The normalized spacial score (nSPS) is 25.0. The van der Waals surface area contributed by atoms with E-state index >= 15 is 0 Å². The van der Waals surface area contributed by atoms with Crippen molar-refractivity contribution in [2.75, 3.05) is 33.7 Å². The van der Waals surface area contributed by atoms with Crippen molar-refractivity contribution in [1.29, 1.82) is 0 Å². The zero-order valence-corrected chi connectivity index (χ0v) is 16.2. The van der Waals surface area contributed by atoms with Gasteiger partial charge in [-0.05, 0) is 46.3 Å². The molecule has 2 rings (SSSR count). The van der Waals surface area contributed by atoms with E-state index in [1.807, 2.05) is 63.2 Å². The SMILES string of the molecule is CCN(CC)C(=O)[C@@H](c1ccccc1)[C@@]1(O)CCCC[C@@H]1CN(C)C. The van der Waals surface area contributed by atoms with Gasteiger partial charge in [-0.25, -0.2) is 0 Å². The maximum absolute atomic E-state index is 13.4. The van der Waals surface area contributed by atoms with Crippen LogP contribution in [0.4, 0.5) is 0 Å².